The lowest BCUT2D eigenvalue weighted by Gasteiger charge is -2.00. The third kappa shape index (κ3) is 2.45. The number of rotatable bonds is 2. The van der Waals surface area contributed by atoms with Crippen LogP contribution in [-0.4, -0.2) is 23.6 Å². The molecule has 0 unspecified atom stereocenters. The molecule has 0 saturated heterocycles. The summed E-state index contributed by atoms with van der Waals surface area (Å²) in [6.07, 6.45) is 0. The molecule has 0 aliphatic carbocycles. The van der Waals surface area contributed by atoms with Crippen LogP contribution in [0.1, 0.15) is 5.56 Å². The number of halogens is 2. The highest BCUT2D eigenvalue weighted by Gasteiger charge is 2.17. The van der Waals surface area contributed by atoms with Gasteiger partial charge in [-0.3, -0.25) is 0 Å². The molecule has 0 aliphatic rings. The molecular formula is C9H7ClFN3O2S. The molecule has 0 amide bonds. The summed E-state index contributed by atoms with van der Waals surface area (Å²) in [5.41, 5.74) is 1.14. The molecule has 2 aromatic rings. The third-order valence-corrected chi connectivity index (χ3v) is 3.21. The van der Waals surface area contributed by atoms with E-state index >= 15 is 0 Å². The SMILES string of the molecule is Cc1cc(F)ccc1-c1n[nH]c(S(=O)(=O)Cl)n1. The fourth-order valence-corrected chi connectivity index (χ4v) is 1.91. The van der Waals surface area contributed by atoms with Crippen molar-refractivity contribution in [3.05, 3.63) is 29.6 Å². The number of aromatic amines is 1. The van der Waals surface area contributed by atoms with Gasteiger partial charge in [0, 0.05) is 16.2 Å². The molecule has 0 bridgehead atoms. The summed E-state index contributed by atoms with van der Waals surface area (Å²) in [5.74, 6) is -0.228. The Morgan fingerprint density at radius 1 is 1.41 bits per heavy atom. The van der Waals surface area contributed by atoms with Crippen molar-refractivity contribution in [2.45, 2.75) is 12.1 Å². The summed E-state index contributed by atoms with van der Waals surface area (Å²) < 4.78 is 34.9. The van der Waals surface area contributed by atoms with Crippen LogP contribution in [0.2, 0.25) is 0 Å². The Kier molecular flexibility index (Phi) is 2.88. The maximum Gasteiger partial charge on any atom is 0.296 e. The van der Waals surface area contributed by atoms with Gasteiger partial charge in [-0.25, -0.2) is 17.9 Å². The summed E-state index contributed by atoms with van der Waals surface area (Å²) >= 11 is 0. The van der Waals surface area contributed by atoms with Crippen molar-refractivity contribution in [2.75, 3.05) is 0 Å². The fraction of sp³-hybridized carbons (Fsp3) is 0.111. The van der Waals surface area contributed by atoms with Crippen molar-refractivity contribution in [2.24, 2.45) is 0 Å². The first kappa shape index (κ1) is 12.0. The molecular weight excluding hydrogens is 269 g/mol. The van der Waals surface area contributed by atoms with Crippen LogP contribution in [0.15, 0.2) is 23.4 Å². The minimum Gasteiger partial charge on any atom is -0.248 e. The first-order chi connectivity index (χ1) is 7.88. The van der Waals surface area contributed by atoms with Crippen LogP contribution in [0.25, 0.3) is 11.4 Å². The Bertz CT molecular complexity index is 669. The van der Waals surface area contributed by atoms with E-state index in [0.29, 0.717) is 11.1 Å². The van der Waals surface area contributed by atoms with Crippen molar-refractivity contribution in [1.82, 2.24) is 15.2 Å². The molecule has 1 aromatic heterocycles. The Labute approximate surface area is 101 Å². The number of hydrogen-bond acceptors (Lipinski definition) is 4. The predicted molar refractivity (Wildman–Crippen MR) is 59.6 cm³/mol. The fourth-order valence-electron chi connectivity index (χ4n) is 1.35. The maximum atomic E-state index is 12.9. The Hall–Kier alpha value is -1.47. The molecule has 0 fully saturated rings. The summed E-state index contributed by atoms with van der Waals surface area (Å²) in [6, 6.07) is 4.02. The predicted octanol–water partition coefficient (Wildman–Crippen LogP) is 1.85. The second-order valence-electron chi connectivity index (χ2n) is 3.36. The van der Waals surface area contributed by atoms with E-state index in [4.69, 9.17) is 10.7 Å². The summed E-state index contributed by atoms with van der Waals surface area (Å²) in [6.45, 7) is 1.67. The quantitative estimate of drug-likeness (QED) is 0.849. The van der Waals surface area contributed by atoms with Gasteiger partial charge >= 0.3 is 0 Å². The van der Waals surface area contributed by atoms with Crippen LogP contribution in [-0.2, 0) is 9.05 Å². The highest BCUT2D eigenvalue weighted by Crippen LogP contribution is 2.21. The van der Waals surface area contributed by atoms with Gasteiger partial charge in [-0.2, -0.15) is 10.1 Å². The number of H-pyrrole nitrogens is 1. The smallest absolute Gasteiger partial charge is 0.248 e. The highest BCUT2D eigenvalue weighted by atomic mass is 35.7. The van der Waals surface area contributed by atoms with E-state index < -0.39 is 14.2 Å². The zero-order valence-corrected chi connectivity index (χ0v) is 10.2. The van der Waals surface area contributed by atoms with Crippen LogP contribution in [0.4, 0.5) is 4.39 Å². The first-order valence-electron chi connectivity index (χ1n) is 4.51. The van der Waals surface area contributed by atoms with Crippen LogP contribution in [0, 0.1) is 12.7 Å². The molecule has 90 valence electrons. The van der Waals surface area contributed by atoms with E-state index in [0.717, 1.165) is 0 Å². The largest absolute Gasteiger partial charge is 0.296 e. The average Bonchev–Trinajstić information content (AvgIpc) is 2.65. The second-order valence-corrected chi connectivity index (χ2v) is 5.84. The number of aryl methyl sites for hydroxylation is 1. The molecule has 1 heterocycles. The van der Waals surface area contributed by atoms with E-state index in [9.17, 15) is 12.8 Å². The van der Waals surface area contributed by atoms with Crippen molar-refractivity contribution < 1.29 is 12.8 Å². The number of aromatic nitrogens is 3. The zero-order valence-electron chi connectivity index (χ0n) is 8.61. The molecule has 1 N–H and O–H groups in total. The minimum absolute atomic E-state index is 0.154. The van der Waals surface area contributed by atoms with Crippen LogP contribution >= 0.6 is 10.7 Å². The molecule has 1 aromatic carbocycles. The van der Waals surface area contributed by atoms with Gasteiger partial charge in [-0.1, -0.05) is 0 Å². The van der Waals surface area contributed by atoms with Gasteiger partial charge in [-0.05, 0) is 30.7 Å². The highest BCUT2D eigenvalue weighted by molar-refractivity contribution is 8.13. The van der Waals surface area contributed by atoms with Gasteiger partial charge in [0.1, 0.15) is 5.82 Å². The lowest BCUT2D eigenvalue weighted by Crippen LogP contribution is -1.93. The third-order valence-electron chi connectivity index (χ3n) is 2.13. The van der Waals surface area contributed by atoms with E-state index in [1.165, 1.54) is 18.2 Å². The van der Waals surface area contributed by atoms with Crippen molar-refractivity contribution in [3.8, 4) is 11.4 Å². The summed E-state index contributed by atoms with van der Waals surface area (Å²) in [4.78, 5) is 3.73. The van der Waals surface area contributed by atoms with Gasteiger partial charge in [0.15, 0.2) is 5.82 Å². The Morgan fingerprint density at radius 3 is 2.65 bits per heavy atom. The van der Waals surface area contributed by atoms with E-state index in [-0.39, 0.29) is 11.6 Å². The molecule has 0 saturated carbocycles. The zero-order chi connectivity index (χ0) is 12.6. The van der Waals surface area contributed by atoms with Gasteiger partial charge in [0.25, 0.3) is 14.2 Å². The maximum absolute atomic E-state index is 12.9. The van der Waals surface area contributed by atoms with Gasteiger partial charge < -0.3 is 0 Å². The number of benzene rings is 1. The van der Waals surface area contributed by atoms with Crippen LogP contribution < -0.4 is 0 Å². The van der Waals surface area contributed by atoms with Gasteiger partial charge in [0.2, 0.25) is 0 Å². The molecule has 5 nitrogen and oxygen atoms in total. The van der Waals surface area contributed by atoms with E-state index in [1.807, 2.05) is 0 Å². The first-order valence-corrected chi connectivity index (χ1v) is 6.82. The minimum atomic E-state index is -3.94. The Morgan fingerprint density at radius 2 is 2.12 bits per heavy atom. The molecule has 0 radical (unpaired) electrons. The molecule has 2 rings (SSSR count). The monoisotopic (exact) mass is 275 g/mol. The summed E-state index contributed by atoms with van der Waals surface area (Å²) in [7, 11) is 1.16. The standard InChI is InChI=1S/C9H7ClFN3O2S/c1-5-4-6(11)2-3-7(5)8-12-9(14-13-8)17(10,15)16/h2-4H,1H3,(H,12,13,14). The second kappa shape index (κ2) is 4.08. The van der Waals surface area contributed by atoms with Crippen molar-refractivity contribution in [3.63, 3.8) is 0 Å². The Balaban J connectivity index is 2.51. The van der Waals surface area contributed by atoms with Crippen molar-refractivity contribution in [1.29, 1.82) is 0 Å². The normalized spacial score (nSPS) is 11.7. The van der Waals surface area contributed by atoms with Crippen molar-refractivity contribution >= 4 is 19.7 Å². The molecule has 0 aliphatic heterocycles. The topological polar surface area (TPSA) is 75.7 Å². The summed E-state index contributed by atoms with van der Waals surface area (Å²) in [5, 5.41) is 5.50. The number of hydrogen-bond donors (Lipinski definition) is 1. The average molecular weight is 276 g/mol. The molecule has 0 spiro atoms. The number of nitrogens with one attached hydrogen (secondary N) is 1. The molecule has 17 heavy (non-hydrogen) atoms. The lowest BCUT2D eigenvalue weighted by molar-refractivity contribution is 0.602. The van der Waals surface area contributed by atoms with Crippen LogP contribution in [0.5, 0.6) is 0 Å². The van der Waals surface area contributed by atoms with Crippen LogP contribution in [0.3, 0.4) is 0 Å². The number of nitrogens with zero attached hydrogens (tertiary/aromatic N) is 2. The molecule has 8 heteroatoms. The molecule has 0 atom stereocenters. The lowest BCUT2D eigenvalue weighted by atomic mass is 10.1. The van der Waals surface area contributed by atoms with E-state index in [1.54, 1.807) is 6.92 Å². The van der Waals surface area contributed by atoms with Gasteiger partial charge in [0.05, 0.1) is 0 Å². The van der Waals surface area contributed by atoms with E-state index in [2.05, 4.69) is 15.2 Å². The van der Waals surface area contributed by atoms with Gasteiger partial charge in [-0.15, -0.1) is 0 Å².